The van der Waals surface area contributed by atoms with Crippen LogP contribution in [0.1, 0.15) is 37.3 Å². The van der Waals surface area contributed by atoms with Gasteiger partial charge in [0.1, 0.15) is 0 Å². The van der Waals surface area contributed by atoms with E-state index >= 15 is 0 Å². The van der Waals surface area contributed by atoms with Crippen molar-refractivity contribution >= 4 is 29.9 Å². The fourth-order valence-corrected chi connectivity index (χ4v) is 4.37. The van der Waals surface area contributed by atoms with Gasteiger partial charge >= 0.3 is 0 Å². The molecule has 3 rings (SSSR count). The van der Waals surface area contributed by atoms with Crippen LogP contribution >= 0.6 is 24.0 Å². The average Bonchev–Trinajstić information content (AvgIpc) is 3.39. The number of likely N-dealkylation sites (tertiary alicyclic amines) is 1. The first-order valence-electron chi connectivity index (χ1n) is 10.9. The summed E-state index contributed by atoms with van der Waals surface area (Å²) < 4.78 is 1.89. The SMILES string of the molecule is CCN(CC)C(CNC(=NC)N1CCC(c2cnn(C)c2)C1)Cc1ccccc1.I. The Morgan fingerprint density at radius 3 is 2.60 bits per heavy atom. The lowest BCUT2D eigenvalue weighted by Crippen LogP contribution is -2.48. The van der Waals surface area contributed by atoms with Crippen molar-refractivity contribution in [2.75, 3.05) is 39.8 Å². The maximum atomic E-state index is 4.59. The molecule has 7 heteroatoms. The predicted molar refractivity (Wildman–Crippen MR) is 136 cm³/mol. The molecule has 0 radical (unpaired) electrons. The number of aryl methyl sites for hydroxylation is 1. The third-order valence-corrected chi connectivity index (χ3v) is 6.03. The summed E-state index contributed by atoms with van der Waals surface area (Å²) in [7, 11) is 3.88. The van der Waals surface area contributed by atoms with Gasteiger partial charge in [-0.15, -0.1) is 24.0 Å². The highest BCUT2D eigenvalue weighted by Gasteiger charge is 2.27. The molecule has 166 valence electrons. The van der Waals surface area contributed by atoms with Crippen LogP contribution in [0.25, 0.3) is 0 Å². The molecule has 2 unspecified atom stereocenters. The second-order valence-electron chi connectivity index (χ2n) is 7.87. The number of aromatic nitrogens is 2. The molecule has 6 nitrogen and oxygen atoms in total. The van der Waals surface area contributed by atoms with Gasteiger partial charge in [0, 0.05) is 51.9 Å². The lowest BCUT2D eigenvalue weighted by atomic mass is 10.0. The summed E-state index contributed by atoms with van der Waals surface area (Å²) in [6.45, 7) is 9.54. The number of rotatable bonds is 8. The number of aliphatic imine (C=N–C) groups is 1. The fourth-order valence-electron chi connectivity index (χ4n) is 4.37. The first-order valence-corrected chi connectivity index (χ1v) is 10.9. The standard InChI is InChI=1S/C23H36N6.HI/c1-5-28(6-2)22(14-19-10-8-7-9-11-19)16-25-23(24-3)29-13-12-20(18-29)21-15-26-27(4)17-21;/h7-11,15,17,20,22H,5-6,12-14,16,18H2,1-4H3,(H,24,25);1H. The van der Waals surface area contributed by atoms with E-state index in [4.69, 9.17) is 0 Å². The van der Waals surface area contributed by atoms with Gasteiger partial charge in [-0.3, -0.25) is 14.6 Å². The summed E-state index contributed by atoms with van der Waals surface area (Å²) in [4.78, 5) is 9.51. The maximum Gasteiger partial charge on any atom is 0.193 e. The van der Waals surface area contributed by atoms with E-state index in [1.54, 1.807) is 0 Å². The van der Waals surface area contributed by atoms with E-state index in [1.165, 1.54) is 11.1 Å². The third kappa shape index (κ3) is 6.44. The normalized spacial score (nSPS) is 17.8. The zero-order valence-electron chi connectivity index (χ0n) is 18.8. The number of nitrogens with zero attached hydrogens (tertiary/aromatic N) is 5. The quantitative estimate of drug-likeness (QED) is 0.327. The van der Waals surface area contributed by atoms with Crippen molar-refractivity contribution in [3.8, 4) is 0 Å². The first kappa shape index (κ1) is 24.7. The molecule has 0 amide bonds. The van der Waals surface area contributed by atoms with Crippen LogP contribution in [0.5, 0.6) is 0 Å². The topological polar surface area (TPSA) is 48.7 Å². The van der Waals surface area contributed by atoms with E-state index in [1.807, 2.05) is 25.0 Å². The second kappa shape index (κ2) is 12.3. The van der Waals surface area contributed by atoms with Crippen LogP contribution in [0.4, 0.5) is 0 Å². The van der Waals surface area contributed by atoms with E-state index in [0.29, 0.717) is 12.0 Å². The highest BCUT2D eigenvalue weighted by Crippen LogP contribution is 2.26. The minimum absolute atomic E-state index is 0. The molecular formula is C23H37IN6. The van der Waals surface area contributed by atoms with E-state index < -0.39 is 0 Å². The Morgan fingerprint density at radius 2 is 2.00 bits per heavy atom. The Labute approximate surface area is 198 Å². The molecule has 1 N–H and O–H groups in total. The third-order valence-electron chi connectivity index (χ3n) is 6.03. The molecule has 0 saturated carbocycles. The van der Waals surface area contributed by atoms with Gasteiger partial charge in [-0.1, -0.05) is 44.2 Å². The number of likely N-dealkylation sites (N-methyl/N-ethyl adjacent to an activating group) is 1. The van der Waals surface area contributed by atoms with Crippen molar-refractivity contribution in [3.63, 3.8) is 0 Å². The zero-order chi connectivity index (χ0) is 20.6. The summed E-state index contributed by atoms with van der Waals surface area (Å²) >= 11 is 0. The molecule has 2 atom stereocenters. The number of nitrogens with one attached hydrogen (secondary N) is 1. The first-order chi connectivity index (χ1) is 14.1. The van der Waals surface area contributed by atoms with Gasteiger partial charge in [-0.25, -0.2) is 0 Å². The van der Waals surface area contributed by atoms with Crippen LogP contribution in [0.3, 0.4) is 0 Å². The fraction of sp³-hybridized carbons (Fsp3) is 0.565. The van der Waals surface area contributed by atoms with Gasteiger partial charge in [0.15, 0.2) is 5.96 Å². The summed E-state index contributed by atoms with van der Waals surface area (Å²) in [5.74, 6) is 1.55. The smallest absolute Gasteiger partial charge is 0.193 e. The van der Waals surface area contributed by atoms with Gasteiger partial charge in [0.25, 0.3) is 0 Å². The molecule has 1 aliphatic rings. The Balaban J connectivity index is 0.00000320. The van der Waals surface area contributed by atoms with Crippen LogP contribution in [0.2, 0.25) is 0 Å². The van der Waals surface area contributed by atoms with Crippen molar-refractivity contribution in [2.24, 2.45) is 12.0 Å². The van der Waals surface area contributed by atoms with Crippen LogP contribution in [-0.2, 0) is 13.5 Å². The zero-order valence-corrected chi connectivity index (χ0v) is 21.1. The van der Waals surface area contributed by atoms with Crippen molar-refractivity contribution in [2.45, 2.75) is 38.6 Å². The molecule has 1 aliphatic heterocycles. The molecular weight excluding hydrogens is 487 g/mol. The average molecular weight is 524 g/mol. The molecule has 1 aromatic carbocycles. The molecule has 30 heavy (non-hydrogen) atoms. The Morgan fingerprint density at radius 1 is 1.27 bits per heavy atom. The lowest BCUT2D eigenvalue weighted by Gasteiger charge is -2.32. The summed E-state index contributed by atoms with van der Waals surface area (Å²) in [6.07, 6.45) is 6.34. The van der Waals surface area contributed by atoms with Crippen LogP contribution in [0, 0.1) is 0 Å². The van der Waals surface area contributed by atoms with Crippen molar-refractivity contribution < 1.29 is 0 Å². The van der Waals surface area contributed by atoms with Crippen LogP contribution < -0.4 is 5.32 Å². The Kier molecular flexibility index (Phi) is 10.1. The van der Waals surface area contributed by atoms with Gasteiger partial charge in [0.2, 0.25) is 0 Å². The largest absolute Gasteiger partial charge is 0.355 e. The number of guanidine groups is 1. The predicted octanol–water partition coefficient (Wildman–Crippen LogP) is 3.36. The molecule has 1 fully saturated rings. The van der Waals surface area contributed by atoms with Crippen molar-refractivity contribution in [3.05, 3.63) is 53.9 Å². The van der Waals surface area contributed by atoms with Crippen molar-refractivity contribution in [1.29, 1.82) is 0 Å². The van der Waals surface area contributed by atoms with Gasteiger partial charge in [-0.05, 0) is 37.1 Å². The lowest BCUT2D eigenvalue weighted by molar-refractivity contribution is 0.214. The molecule has 1 saturated heterocycles. The maximum absolute atomic E-state index is 4.59. The molecule has 0 aliphatic carbocycles. The van der Waals surface area contributed by atoms with E-state index in [9.17, 15) is 0 Å². The van der Waals surface area contributed by atoms with Gasteiger partial charge < -0.3 is 10.2 Å². The number of benzene rings is 1. The molecule has 0 bridgehead atoms. The van der Waals surface area contributed by atoms with Gasteiger partial charge in [0.05, 0.1) is 6.20 Å². The Hall–Kier alpha value is -1.61. The minimum atomic E-state index is 0. The van der Waals surface area contributed by atoms with Crippen LogP contribution in [0.15, 0.2) is 47.7 Å². The summed E-state index contributed by atoms with van der Waals surface area (Å²) in [5.41, 5.74) is 2.72. The molecule has 1 aromatic heterocycles. The number of halogens is 1. The van der Waals surface area contributed by atoms with E-state index in [2.05, 4.69) is 75.6 Å². The summed E-state index contributed by atoms with van der Waals surface area (Å²) in [6, 6.07) is 11.2. The minimum Gasteiger partial charge on any atom is -0.355 e. The highest BCUT2D eigenvalue weighted by molar-refractivity contribution is 14.0. The summed E-state index contributed by atoms with van der Waals surface area (Å²) in [5, 5.41) is 8.01. The molecule has 0 spiro atoms. The molecule has 2 aromatic rings. The Bertz CT molecular complexity index is 771. The van der Waals surface area contributed by atoms with Crippen molar-refractivity contribution in [1.82, 2.24) is 24.9 Å². The highest BCUT2D eigenvalue weighted by atomic mass is 127. The number of hydrogen-bond donors (Lipinski definition) is 1. The molecule has 2 heterocycles. The second-order valence-corrected chi connectivity index (χ2v) is 7.87. The van der Waals surface area contributed by atoms with Crippen LogP contribution in [-0.4, -0.2) is 71.4 Å². The number of hydrogen-bond acceptors (Lipinski definition) is 3. The van der Waals surface area contributed by atoms with Gasteiger partial charge in [-0.2, -0.15) is 5.10 Å². The van der Waals surface area contributed by atoms with E-state index in [0.717, 1.165) is 51.5 Å². The van der Waals surface area contributed by atoms with E-state index in [-0.39, 0.29) is 24.0 Å². The monoisotopic (exact) mass is 524 g/mol.